The first kappa shape index (κ1) is 12.6. The number of rotatable bonds is 2. The molecule has 1 heterocycles. The van der Waals surface area contributed by atoms with Gasteiger partial charge in [-0.3, -0.25) is 9.78 Å². The molecule has 0 fully saturated rings. The quantitative estimate of drug-likeness (QED) is 0.923. The zero-order valence-corrected chi connectivity index (χ0v) is 10.5. The number of carbonyl (C=O) groups excluding carboxylic acids is 1. The van der Waals surface area contributed by atoms with Crippen molar-refractivity contribution in [2.24, 2.45) is 0 Å². The second kappa shape index (κ2) is 5.22. The van der Waals surface area contributed by atoms with E-state index in [1.165, 1.54) is 24.4 Å². The molecule has 2 rings (SSSR count). The Morgan fingerprint density at radius 1 is 1.22 bits per heavy atom. The third-order valence-electron chi connectivity index (χ3n) is 2.14. The lowest BCUT2D eigenvalue weighted by Crippen LogP contribution is -2.12. The van der Waals surface area contributed by atoms with Crippen molar-refractivity contribution < 1.29 is 13.6 Å². The number of pyridine rings is 1. The number of carbonyl (C=O) groups is 1. The van der Waals surface area contributed by atoms with Crippen molar-refractivity contribution in [1.82, 2.24) is 4.98 Å². The Hall–Kier alpha value is -1.82. The molecule has 2 aromatic rings. The molecule has 6 heteroatoms. The number of amides is 1. The third kappa shape index (κ3) is 2.89. The summed E-state index contributed by atoms with van der Waals surface area (Å²) in [6, 6.07) is 5.11. The maximum atomic E-state index is 13.0. The molecule has 0 saturated heterocycles. The molecule has 92 valence electrons. The second-order valence-corrected chi connectivity index (χ2v) is 4.33. The molecule has 0 spiro atoms. The first-order valence-corrected chi connectivity index (χ1v) is 5.72. The van der Waals surface area contributed by atoms with E-state index in [9.17, 15) is 13.6 Å². The topological polar surface area (TPSA) is 42.0 Å². The van der Waals surface area contributed by atoms with Gasteiger partial charge in [-0.1, -0.05) is 0 Å². The Labute approximate surface area is 110 Å². The molecule has 1 N–H and O–H groups in total. The van der Waals surface area contributed by atoms with Gasteiger partial charge < -0.3 is 5.32 Å². The van der Waals surface area contributed by atoms with Gasteiger partial charge in [0.15, 0.2) is 0 Å². The lowest BCUT2D eigenvalue weighted by Gasteiger charge is -2.05. The molecule has 0 aliphatic heterocycles. The van der Waals surface area contributed by atoms with Crippen molar-refractivity contribution in [2.45, 2.75) is 0 Å². The summed E-state index contributed by atoms with van der Waals surface area (Å²) in [6.07, 6.45) is 2.25. The van der Waals surface area contributed by atoms with E-state index in [1.54, 1.807) is 0 Å². The average molecular weight is 313 g/mol. The smallest absolute Gasteiger partial charge is 0.257 e. The van der Waals surface area contributed by atoms with E-state index >= 15 is 0 Å². The highest BCUT2D eigenvalue weighted by molar-refractivity contribution is 9.10. The number of anilines is 1. The Balaban J connectivity index is 2.18. The Kier molecular flexibility index (Phi) is 3.66. The minimum atomic E-state index is -0.595. The summed E-state index contributed by atoms with van der Waals surface area (Å²) in [5.74, 6) is -1.54. The Morgan fingerprint density at radius 2 is 2.00 bits per heavy atom. The molecular weight excluding hydrogens is 306 g/mol. The van der Waals surface area contributed by atoms with Crippen molar-refractivity contribution in [3.05, 3.63) is 58.3 Å². The highest BCUT2D eigenvalue weighted by Crippen LogP contribution is 2.20. The van der Waals surface area contributed by atoms with Crippen LogP contribution in [0.25, 0.3) is 0 Å². The van der Waals surface area contributed by atoms with Gasteiger partial charge in [0.1, 0.15) is 11.6 Å². The van der Waals surface area contributed by atoms with E-state index in [-0.39, 0.29) is 10.0 Å². The van der Waals surface area contributed by atoms with E-state index < -0.39 is 17.5 Å². The van der Waals surface area contributed by atoms with Crippen LogP contribution in [-0.2, 0) is 0 Å². The monoisotopic (exact) mass is 312 g/mol. The molecule has 18 heavy (non-hydrogen) atoms. The molecule has 0 aliphatic carbocycles. The number of hydrogen-bond donors (Lipinski definition) is 1. The van der Waals surface area contributed by atoms with Crippen LogP contribution in [0.5, 0.6) is 0 Å². The fraction of sp³-hybridized carbons (Fsp3) is 0. The van der Waals surface area contributed by atoms with Gasteiger partial charge in [0.2, 0.25) is 0 Å². The molecule has 0 saturated carbocycles. The molecule has 1 amide bonds. The number of halogens is 3. The van der Waals surface area contributed by atoms with E-state index in [1.807, 2.05) is 0 Å². The summed E-state index contributed by atoms with van der Waals surface area (Å²) < 4.78 is 26.1. The standard InChI is InChI=1S/C12H7BrF2N2O/c13-10-4-9(1-2-11(10)15)17-12(18)7-3-8(14)6-16-5-7/h1-6H,(H,17,18). The largest absolute Gasteiger partial charge is 0.322 e. The predicted molar refractivity (Wildman–Crippen MR) is 66.2 cm³/mol. The van der Waals surface area contributed by atoms with E-state index in [0.717, 1.165) is 12.3 Å². The van der Waals surface area contributed by atoms with Gasteiger partial charge >= 0.3 is 0 Å². The number of nitrogens with zero attached hydrogens (tertiary/aromatic N) is 1. The van der Waals surface area contributed by atoms with Gasteiger partial charge in [-0.25, -0.2) is 8.78 Å². The summed E-state index contributed by atoms with van der Waals surface area (Å²) in [4.78, 5) is 15.3. The molecular formula is C12H7BrF2N2O. The number of benzene rings is 1. The fourth-order valence-electron chi connectivity index (χ4n) is 1.31. The highest BCUT2D eigenvalue weighted by atomic mass is 79.9. The van der Waals surface area contributed by atoms with Crippen LogP contribution in [0.4, 0.5) is 14.5 Å². The average Bonchev–Trinajstić information content (AvgIpc) is 2.34. The van der Waals surface area contributed by atoms with Crippen LogP contribution in [0.3, 0.4) is 0 Å². The Morgan fingerprint density at radius 3 is 2.67 bits per heavy atom. The maximum absolute atomic E-state index is 13.0. The Bertz CT molecular complexity index is 604. The normalized spacial score (nSPS) is 10.2. The third-order valence-corrected chi connectivity index (χ3v) is 2.75. The number of nitrogens with one attached hydrogen (secondary N) is 1. The minimum Gasteiger partial charge on any atom is -0.322 e. The maximum Gasteiger partial charge on any atom is 0.257 e. The van der Waals surface area contributed by atoms with E-state index in [4.69, 9.17) is 0 Å². The van der Waals surface area contributed by atoms with Crippen molar-refractivity contribution in [1.29, 1.82) is 0 Å². The van der Waals surface area contributed by atoms with Gasteiger partial charge in [-0.15, -0.1) is 0 Å². The molecule has 0 bridgehead atoms. The summed E-state index contributed by atoms with van der Waals surface area (Å²) in [5.41, 5.74) is 0.494. The van der Waals surface area contributed by atoms with E-state index in [2.05, 4.69) is 26.2 Å². The first-order valence-electron chi connectivity index (χ1n) is 4.93. The van der Waals surface area contributed by atoms with Crippen molar-refractivity contribution in [3.63, 3.8) is 0 Å². The molecule has 1 aromatic heterocycles. The lowest BCUT2D eigenvalue weighted by molar-refractivity contribution is 0.102. The van der Waals surface area contributed by atoms with Gasteiger partial charge in [-0.05, 0) is 40.2 Å². The summed E-state index contributed by atoms with van der Waals surface area (Å²) in [5, 5.41) is 2.51. The summed E-state index contributed by atoms with van der Waals surface area (Å²) >= 11 is 3.01. The van der Waals surface area contributed by atoms with Gasteiger partial charge in [0.25, 0.3) is 5.91 Å². The molecule has 3 nitrogen and oxygen atoms in total. The van der Waals surface area contributed by atoms with E-state index in [0.29, 0.717) is 5.69 Å². The van der Waals surface area contributed by atoms with Crippen LogP contribution < -0.4 is 5.32 Å². The van der Waals surface area contributed by atoms with Crippen molar-refractivity contribution in [2.75, 3.05) is 5.32 Å². The van der Waals surface area contributed by atoms with Gasteiger partial charge in [0.05, 0.1) is 16.2 Å². The first-order chi connectivity index (χ1) is 8.56. The van der Waals surface area contributed by atoms with Crippen LogP contribution in [0.2, 0.25) is 0 Å². The minimum absolute atomic E-state index is 0.0930. The molecule has 1 aromatic carbocycles. The van der Waals surface area contributed by atoms with Gasteiger partial charge in [-0.2, -0.15) is 0 Å². The van der Waals surface area contributed by atoms with Crippen LogP contribution in [-0.4, -0.2) is 10.9 Å². The number of aromatic nitrogens is 1. The van der Waals surface area contributed by atoms with Crippen LogP contribution >= 0.6 is 15.9 Å². The van der Waals surface area contributed by atoms with Crippen molar-refractivity contribution in [3.8, 4) is 0 Å². The second-order valence-electron chi connectivity index (χ2n) is 3.47. The zero-order chi connectivity index (χ0) is 13.1. The SMILES string of the molecule is O=C(Nc1ccc(F)c(Br)c1)c1cncc(F)c1. The molecule has 0 aliphatic rings. The molecule has 0 unspecified atom stereocenters. The molecule has 0 radical (unpaired) electrons. The molecule has 0 atom stereocenters. The number of hydrogen-bond acceptors (Lipinski definition) is 2. The van der Waals surface area contributed by atoms with Crippen LogP contribution in [0.15, 0.2) is 41.1 Å². The summed E-state index contributed by atoms with van der Waals surface area (Å²) in [6.45, 7) is 0. The predicted octanol–water partition coefficient (Wildman–Crippen LogP) is 3.37. The van der Waals surface area contributed by atoms with Crippen molar-refractivity contribution >= 4 is 27.5 Å². The zero-order valence-electron chi connectivity index (χ0n) is 8.95. The van der Waals surface area contributed by atoms with Crippen LogP contribution in [0.1, 0.15) is 10.4 Å². The highest BCUT2D eigenvalue weighted by Gasteiger charge is 2.08. The lowest BCUT2D eigenvalue weighted by atomic mass is 10.2. The van der Waals surface area contributed by atoms with Gasteiger partial charge in [0, 0.05) is 11.9 Å². The fourth-order valence-corrected chi connectivity index (χ4v) is 1.69. The van der Waals surface area contributed by atoms with Crippen LogP contribution in [0, 0.1) is 11.6 Å². The summed E-state index contributed by atoms with van der Waals surface area (Å²) in [7, 11) is 0.